The Kier molecular flexibility index (Phi) is 9.23. The maximum atomic E-state index is 6.67. The lowest BCUT2D eigenvalue weighted by molar-refractivity contribution is 0.349. The van der Waals surface area contributed by atoms with Crippen molar-refractivity contribution < 1.29 is 20.6 Å². The van der Waals surface area contributed by atoms with E-state index in [1.807, 2.05) is 48.5 Å². The van der Waals surface area contributed by atoms with Crippen LogP contribution in [0.15, 0.2) is 60.7 Å². The monoisotopic (exact) mass is 462 g/mol. The molecule has 2 aromatic carbocycles. The molecule has 0 bridgehead atoms. The van der Waals surface area contributed by atoms with Crippen molar-refractivity contribution in [2.75, 3.05) is 0 Å². The summed E-state index contributed by atoms with van der Waals surface area (Å²) in [6.07, 6.45) is 0. The van der Waals surface area contributed by atoms with Crippen molar-refractivity contribution in [1.82, 2.24) is 0 Å². The minimum Gasteiger partial charge on any atom is -0.435 e. The van der Waals surface area contributed by atoms with E-state index in [9.17, 15) is 0 Å². The molecule has 0 aliphatic heterocycles. The SMILES string of the molecule is C[Si](C)(C)O[Si](C)(O[Si](O[Si]O[Si]O[Si])c1ccccc1)c1ccccc1. The maximum absolute atomic E-state index is 6.67. The van der Waals surface area contributed by atoms with Crippen molar-refractivity contribution in [3.8, 4) is 0 Å². The van der Waals surface area contributed by atoms with Crippen molar-refractivity contribution >= 4 is 67.0 Å². The lowest BCUT2D eigenvalue weighted by Gasteiger charge is -2.36. The quantitative estimate of drug-likeness (QED) is 0.373. The fourth-order valence-corrected chi connectivity index (χ4v) is 14.3. The first kappa shape index (κ1) is 22.8. The average Bonchev–Trinajstić information content (AvgIpc) is 2.64. The molecule has 0 heterocycles. The van der Waals surface area contributed by atoms with Crippen LogP contribution in [-0.4, -0.2) is 56.7 Å². The van der Waals surface area contributed by atoms with Gasteiger partial charge in [-0.15, -0.1) is 0 Å². The third kappa shape index (κ3) is 7.82. The van der Waals surface area contributed by atoms with Gasteiger partial charge in [-0.3, -0.25) is 0 Å². The van der Waals surface area contributed by atoms with Gasteiger partial charge in [0.15, 0.2) is 8.32 Å². The zero-order valence-corrected chi connectivity index (χ0v) is 21.8. The second kappa shape index (κ2) is 10.9. The van der Waals surface area contributed by atoms with E-state index in [2.05, 4.69) is 48.8 Å². The average molecular weight is 463 g/mol. The largest absolute Gasteiger partial charge is 0.435 e. The zero-order valence-electron chi connectivity index (χ0n) is 15.8. The van der Waals surface area contributed by atoms with Crippen molar-refractivity contribution in [1.29, 1.82) is 0 Å². The fraction of sp³-hybridized carbons (Fsp3) is 0.250. The van der Waals surface area contributed by atoms with E-state index in [0.717, 1.165) is 10.4 Å². The van der Waals surface area contributed by atoms with Crippen LogP contribution in [0.1, 0.15) is 0 Å². The molecule has 0 aromatic heterocycles. The first-order valence-corrected chi connectivity index (χ1v) is 17.4. The molecule has 0 N–H and O–H groups in total. The third-order valence-electron chi connectivity index (χ3n) is 3.36. The molecule has 8 radical (unpaired) electrons. The molecule has 1 atom stereocenters. The van der Waals surface area contributed by atoms with Crippen molar-refractivity contribution in [3.63, 3.8) is 0 Å². The number of hydrogen-bond donors (Lipinski definition) is 0. The Labute approximate surface area is 174 Å². The summed E-state index contributed by atoms with van der Waals surface area (Å²) in [6, 6.07) is 20.2. The van der Waals surface area contributed by atoms with Crippen LogP contribution in [-0.2, 0) is 20.6 Å². The molecule has 27 heavy (non-hydrogen) atoms. The minimum absolute atomic E-state index is 0.127. The van der Waals surface area contributed by atoms with Crippen LogP contribution in [0.25, 0.3) is 0 Å². The Balaban J connectivity index is 2.28. The third-order valence-corrected chi connectivity index (χ3v) is 13.9. The van der Waals surface area contributed by atoms with Gasteiger partial charge in [0.25, 0.3) is 0 Å². The number of hydrogen-bond acceptors (Lipinski definition) is 5. The Morgan fingerprint density at radius 1 is 0.852 bits per heavy atom. The van der Waals surface area contributed by atoms with Gasteiger partial charge in [0.2, 0.25) is 10.5 Å². The summed E-state index contributed by atoms with van der Waals surface area (Å²) < 4.78 is 29.4. The van der Waals surface area contributed by atoms with Gasteiger partial charge in [-0.1, -0.05) is 60.7 Å². The van der Waals surface area contributed by atoms with Crippen LogP contribution in [0.2, 0.25) is 26.2 Å². The van der Waals surface area contributed by atoms with Gasteiger partial charge < -0.3 is 20.6 Å². The molecular formula is C16H22O5Si6. The molecule has 140 valence electrons. The lowest BCUT2D eigenvalue weighted by Crippen LogP contribution is -2.61. The standard InChI is InChI=1S/C16H22O5Si6/c1-26(2,3)21-27(4,16-13-9-6-10-14-16)20-25(19-24-18-23-17-22)15-11-7-5-8-12-15/h5-14H,1-4H3. The van der Waals surface area contributed by atoms with Crippen LogP contribution in [0.3, 0.4) is 0 Å². The van der Waals surface area contributed by atoms with Crippen LogP contribution in [0.5, 0.6) is 0 Å². The lowest BCUT2D eigenvalue weighted by atomic mass is 10.4. The summed E-state index contributed by atoms with van der Waals surface area (Å²) in [4.78, 5) is 0. The summed E-state index contributed by atoms with van der Waals surface area (Å²) in [5, 5.41) is 2.12. The molecule has 0 saturated carbocycles. The Bertz CT molecular complexity index is 672. The van der Waals surface area contributed by atoms with Crippen molar-refractivity contribution in [2.45, 2.75) is 26.2 Å². The minimum atomic E-state index is -2.68. The van der Waals surface area contributed by atoms with Gasteiger partial charge in [-0.2, -0.15) is 0 Å². The summed E-state index contributed by atoms with van der Waals surface area (Å²) in [6.45, 7) is 8.64. The Morgan fingerprint density at radius 3 is 2.00 bits per heavy atom. The van der Waals surface area contributed by atoms with Crippen LogP contribution in [0.4, 0.5) is 0 Å². The van der Waals surface area contributed by atoms with E-state index in [-0.39, 0.29) is 20.0 Å². The molecule has 1 unspecified atom stereocenters. The first-order chi connectivity index (χ1) is 12.8. The highest BCUT2D eigenvalue weighted by molar-refractivity contribution is 6.92. The second-order valence-corrected chi connectivity index (χ2v) is 19.0. The van der Waals surface area contributed by atoms with E-state index in [1.54, 1.807) is 0 Å². The Hall–Kier alpha value is -0.459. The Morgan fingerprint density at radius 2 is 1.44 bits per heavy atom. The van der Waals surface area contributed by atoms with E-state index < -0.39 is 26.2 Å². The fourth-order valence-electron chi connectivity index (χ4n) is 2.45. The van der Waals surface area contributed by atoms with Crippen LogP contribution in [0, 0.1) is 0 Å². The normalized spacial score (nSPS) is 14.3. The molecule has 0 saturated heterocycles. The van der Waals surface area contributed by atoms with E-state index in [0.29, 0.717) is 0 Å². The van der Waals surface area contributed by atoms with Crippen molar-refractivity contribution in [2.24, 2.45) is 0 Å². The van der Waals surface area contributed by atoms with Crippen LogP contribution >= 0.6 is 0 Å². The molecule has 2 aromatic rings. The summed E-state index contributed by atoms with van der Waals surface area (Å²) >= 11 is 0. The molecular weight excluding hydrogens is 441 g/mol. The van der Waals surface area contributed by atoms with Gasteiger partial charge in [0.05, 0.1) is 0 Å². The summed E-state index contributed by atoms with van der Waals surface area (Å²) in [5.74, 6) is 0. The van der Waals surface area contributed by atoms with Crippen LogP contribution < -0.4 is 10.4 Å². The van der Waals surface area contributed by atoms with E-state index in [1.165, 1.54) is 0 Å². The molecule has 0 amide bonds. The van der Waals surface area contributed by atoms with Gasteiger partial charge in [-0.25, -0.2) is 0 Å². The highest BCUT2D eigenvalue weighted by atomic mass is 28.5. The topological polar surface area (TPSA) is 46.2 Å². The molecule has 0 aliphatic rings. The number of benzene rings is 2. The van der Waals surface area contributed by atoms with Gasteiger partial charge in [0.1, 0.15) is 0 Å². The summed E-state index contributed by atoms with van der Waals surface area (Å²) in [5.41, 5.74) is 0. The highest BCUT2D eigenvalue weighted by Crippen LogP contribution is 2.17. The molecule has 2 rings (SSSR count). The molecule has 0 fully saturated rings. The number of rotatable bonds is 11. The predicted molar refractivity (Wildman–Crippen MR) is 116 cm³/mol. The summed E-state index contributed by atoms with van der Waals surface area (Å²) in [7, 11) is -3.70. The van der Waals surface area contributed by atoms with Gasteiger partial charge in [-0.05, 0) is 36.6 Å². The van der Waals surface area contributed by atoms with E-state index in [4.69, 9.17) is 20.6 Å². The molecule has 0 aliphatic carbocycles. The van der Waals surface area contributed by atoms with Gasteiger partial charge in [0, 0.05) is 0 Å². The first-order valence-electron chi connectivity index (χ1n) is 8.36. The zero-order chi connectivity index (χ0) is 19.8. The van der Waals surface area contributed by atoms with E-state index >= 15 is 0 Å². The predicted octanol–water partition coefficient (Wildman–Crippen LogP) is 1.43. The molecule has 0 spiro atoms. The molecule has 5 nitrogen and oxygen atoms in total. The smallest absolute Gasteiger partial charge is 0.413 e. The van der Waals surface area contributed by atoms with Gasteiger partial charge >= 0.3 is 37.9 Å². The molecule has 11 heteroatoms. The highest BCUT2D eigenvalue weighted by Gasteiger charge is 2.42. The maximum Gasteiger partial charge on any atom is 0.413 e. The second-order valence-electron chi connectivity index (χ2n) is 6.75. The van der Waals surface area contributed by atoms with Crippen molar-refractivity contribution in [3.05, 3.63) is 60.7 Å².